The predicted octanol–water partition coefficient (Wildman–Crippen LogP) is 2.87. The van der Waals surface area contributed by atoms with Crippen LogP contribution in [0.15, 0.2) is 28.6 Å². The number of thiazole rings is 1. The zero-order valence-corrected chi connectivity index (χ0v) is 22.5. The van der Waals surface area contributed by atoms with Crippen molar-refractivity contribution in [2.24, 2.45) is 5.92 Å². The van der Waals surface area contributed by atoms with Crippen LogP contribution in [0.25, 0.3) is 16.2 Å². The average molecular weight is 541 g/mol. The van der Waals surface area contributed by atoms with E-state index < -0.39 is 16.9 Å². The van der Waals surface area contributed by atoms with Crippen LogP contribution in [0.1, 0.15) is 50.4 Å². The van der Waals surface area contributed by atoms with Crippen molar-refractivity contribution in [3.05, 3.63) is 39.6 Å². The standard InChI is InChI=1S/C26H32N6O5S/c1-26(2,3)30-18-10-19(31-12-15(13-31)23(34)28-11-16-6-4-5-8-37-16)29-22-20(18)21(33)17(24(35)36)14-32(22)25-27-7-9-38-25/h7,9-10,14-16H,4-6,8,11-13H2,1-3H3,(H,28,34)(H,29,30)(H,35,36). The van der Waals surface area contributed by atoms with Crippen LogP contribution in [0.5, 0.6) is 0 Å². The molecule has 1 amide bonds. The number of carboxylic acids is 1. The summed E-state index contributed by atoms with van der Waals surface area (Å²) >= 11 is 1.31. The van der Waals surface area contributed by atoms with Crippen molar-refractivity contribution in [3.8, 4) is 5.13 Å². The van der Waals surface area contributed by atoms with Gasteiger partial charge in [-0.2, -0.15) is 0 Å². The summed E-state index contributed by atoms with van der Waals surface area (Å²) in [6.45, 7) is 8.11. The van der Waals surface area contributed by atoms with E-state index in [9.17, 15) is 19.5 Å². The number of nitrogens with zero attached hydrogens (tertiary/aromatic N) is 4. The molecule has 38 heavy (non-hydrogen) atoms. The minimum atomic E-state index is -1.32. The van der Waals surface area contributed by atoms with E-state index in [-0.39, 0.29) is 28.9 Å². The second kappa shape index (κ2) is 10.3. The zero-order chi connectivity index (χ0) is 27.0. The lowest BCUT2D eigenvalue weighted by Crippen LogP contribution is -2.55. The summed E-state index contributed by atoms with van der Waals surface area (Å²) in [5, 5.41) is 18.6. The number of aromatic nitrogens is 3. The van der Waals surface area contributed by atoms with Gasteiger partial charge in [-0.15, -0.1) is 11.3 Å². The largest absolute Gasteiger partial charge is 0.477 e. The molecule has 12 heteroatoms. The minimum Gasteiger partial charge on any atom is -0.477 e. The second-order valence-corrected chi connectivity index (χ2v) is 11.7. The first kappa shape index (κ1) is 26.1. The van der Waals surface area contributed by atoms with E-state index in [0.29, 0.717) is 41.9 Å². The van der Waals surface area contributed by atoms with Crippen LogP contribution >= 0.6 is 11.3 Å². The Balaban J connectivity index is 1.47. The van der Waals surface area contributed by atoms with E-state index in [0.717, 1.165) is 25.9 Å². The fourth-order valence-electron chi connectivity index (χ4n) is 4.76. The number of carboxylic acid groups (broad SMARTS) is 1. The number of hydrogen-bond acceptors (Lipinski definition) is 9. The molecule has 1 atom stereocenters. The molecule has 2 aliphatic heterocycles. The van der Waals surface area contributed by atoms with Crippen LogP contribution in [-0.4, -0.2) is 69.4 Å². The summed E-state index contributed by atoms with van der Waals surface area (Å²) in [4.78, 5) is 49.1. The van der Waals surface area contributed by atoms with Crippen molar-refractivity contribution in [3.63, 3.8) is 0 Å². The zero-order valence-electron chi connectivity index (χ0n) is 21.7. The molecular formula is C26H32N6O5S. The molecule has 1 unspecified atom stereocenters. The van der Waals surface area contributed by atoms with Crippen LogP contribution in [0.2, 0.25) is 0 Å². The van der Waals surface area contributed by atoms with Gasteiger partial charge in [-0.25, -0.2) is 14.8 Å². The summed E-state index contributed by atoms with van der Waals surface area (Å²) in [5.74, 6) is -0.902. The van der Waals surface area contributed by atoms with Crippen molar-refractivity contribution >= 4 is 45.8 Å². The van der Waals surface area contributed by atoms with Crippen molar-refractivity contribution < 1.29 is 19.4 Å². The molecule has 5 heterocycles. The molecule has 3 aromatic rings. The lowest BCUT2D eigenvalue weighted by atomic mass is 9.98. The SMILES string of the molecule is CC(C)(C)Nc1cc(N2CC(C(=O)NCC3CCCCO3)C2)nc2c1c(=O)c(C(=O)O)cn2-c1nccs1. The number of ether oxygens (including phenoxy) is 1. The third kappa shape index (κ3) is 5.37. The van der Waals surface area contributed by atoms with E-state index >= 15 is 0 Å². The number of fused-ring (bicyclic) bond motifs is 1. The van der Waals surface area contributed by atoms with Crippen LogP contribution in [0.4, 0.5) is 11.5 Å². The average Bonchev–Trinajstić information content (AvgIpc) is 3.36. The van der Waals surface area contributed by atoms with E-state index in [1.54, 1.807) is 22.2 Å². The van der Waals surface area contributed by atoms with Gasteiger partial charge >= 0.3 is 5.97 Å². The molecule has 2 saturated heterocycles. The molecule has 202 valence electrons. The fraction of sp³-hybridized carbons (Fsp3) is 0.500. The highest BCUT2D eigenvalue weighted by atomic mass is 32.1. The Morgan fingerprint density at radius 3 is 2.68 bits per heavy atom. The van der Waals surface area contributed by atoms with Gasteiger partial charge in [0.1, 0.15) is 11.4 Å². The summed E-state index contributed by atoms with van der Waals surface area (Å²) in [6, 6.07) is 1.76. The van der Waals surface area contributed by atoms with Gasteiger partial charge in [0, 0.05) is 55.6 Å². The number of anilines is 2. The molecule has 3 aromatic heterocycles. The number of amides is 1. The number of nitrogens with one attached hydrogen (secondary N) is 2. The van der Waals surface area contributed by atoms with Crippen LogP contribution in [0, 0.1) is 5.92 Å². The quantitative estimate of drug-likeness (QED) is 0.413. The van der Waals surface area contributed by atoms with E-state index in [1.807, 2.05) is 25.7 Å². The molecule has 0 bridgehead atoms. The molecule has 2 fully saturated rings. The highest BCUT2D eigenvalue weighted by Gasteiger charge is 2.35. The van der Waals surface area contributed by atoms with Gasteiger partial charge in [-0.1, -0.05) is 0 Å². The lowest BCUT2D eigenvalue weighted by Gasteiger charge is -2.39. The third-order valence-corrected chi connectivity index (χ3v) is 7.44. The summed E-state index contributed by atoms with van der Waals surface area (Å²) in [7, 11) is 0. The van der Waals surface area contributed by atoms with Crippen molar-refractivity contribution in [2.75, 3.05) is 36.5 Å². The first-order valence-corrected chi connectivity index (χ1v) is 13.6. The monoisotopic (exact) mass is 540 g/mol. The molecule has 0 saturated carbocycles. The number of hydrogen-bond donors (Lipinski definition) is 3. The van der Waals surface area contributed by atoms with Gasteiger partial charge in [0.15, 0.2) is 10.8 Å². The van der Waals surface area contributed by atoms with E-state index in [4.69, 9.17) is 9.72 Å². The van der Waals surface area contributed by atoms with Gasteiger partial charge in [-0.3, -0.25) is 14.2 Å². The second-order valence-electron chi connectivity index (χ2n) is 10.8. The summed E-state index contributed by atoms with van der Waals surface area (Å²) < 4.78 is 7.26. The highest BCUT2D eigenvalue weighted by molar-refractivity contribution is 7.12. The van der Waals surface area contributed by atoms with Gasteiger partial charge < -0.3 is 25.4 Å². The Morgan fingerprint density at radius 1 is 1.26 bits per heavy atom. The molecule has 0 aliphatic carbocycles. The maximum atomic E-state index is 13.3. The predicted molar refractivity (Wildman–Crippen MR) is 146 cm³/mol. The van der Waals surface area contributed by atoms with Gasteiger partial charge in [0.05, 0.1) is 23.1 Å². The number of rotatable bonds is 7. The maximum Gasteiger partial charge on any atom is 0.341 e. The van der Waals surface area contributed by atoms with E-state index in [1.165, 1.54) is 17.5 Å². The van der Waals surface area contributed by atoms with Crippen molar-refractivity contribution in [1.82, 2.24) is 19.9 Å². The lowest BCUT2D eigenvalue weighted by molar-refractivity contribution is -0.126. The van der Waals surface area contributed by atoms with Crippen molar-refractivity contribution in [2.45, 2.75) is 51.7 Å². The molecule has 0 aromatic carbocycles. The van der Waals surface area contributed by atoms with Gasteiger partial charge in [0.2, 0.25) is 11.3 Å². The number of pyridine rings is 2. The highest BCUT2D eigenvalue weighted by Crippen LogP contribution is 2.32. The van der Waals surface area contributed by atoms with Crippen LogP contribution in [0.3, 0.4) is 0 Å². The molecule has 0 spiro atoms. The van der Waals surface area contributed by atoms with Crippen LogP contribution in [-0.2, 0) is 9.53 Å². The molecule has 0 radical (unpaired) electrons. The minimum absolute atomic E-state index is 0.00459. The smallest absolute Gasteiger partial charge is 0.341 e. The Bertz CT molecular complexity index is 1400. The number of carbonyl (C=O) groups excluding carboxylic acids is 1. The van der Waals surface area contributed by atoms with Crippen molar-refractivity contribution in [1.29, 1.82) is 0 Å². The first-order chi connectivity index (χ1) is 18.1. The van der Waals surface area contributed by atoms with Gasteiger partial charge in [-0.05, 0) is 40.0 Å². The Kier molecular flexibility index (Phi) is 7.10. The normalized spacial score (nSPS) is 18.3. The Labute approximate surface area is 223 Å². The topological polar surface area (TPSA) is 139 Å². The molecule has 3 N–H and O–H groups in total. The number of aromatic carboxylic acids is 1. The molecule has 5 rings (SSSR count). The molecule has 2 aliphatic rings. The molecule has 11 nitrogen and oxygen atoms in total. The fourth-order valence-corrected chi connectivity index (χ4v) is 5.37. The Morgan fingerprint density at radius 2 is 2.05 bits per heavy atom. The summed E-state index contributed by atoms with van der Waals surface area (Å²) in [5.41, 5.74) is -0.597. The van der Waals surface area contributed by atoms with E-state index in [2.05, 4.69) is 15.6 Å². The number of carbonyl (C=O) groups is 2. The molecular weight excluding hydrogens is 508 g/mol. The first-order valence-electron chi connectivity index (χ1n) is 12.8. The van der Waals surface area contributed by atoms with Crippen LogP contribution < -0.4 is 21.0 Å². The van der Waals surface area contributed by atoms with Gasteiger partial charge in [0.25, 0.3) is 0 Å². The Hall–Kier alpha value is -3.51. The summed E-state index contributed by atoms with van der Waals surface area (Å²) in [6.07, 6.45) is 6.13. The third-order valence-electron chi connectivity index (χ3n) is 6.66. The maximum absolute atomic E-state index is 13.3.